The fourth-order valence-electron chi connectivity index (χ4n) is 1.56. The Morgan fingerprint density at radius 3 is 2.73 bits per heavy atom. The Morgan fingerprint density at radius 1 is 1.53 bits per heavy atom. The third kappa shape index (κ3) is 2.71. The first-order valence-corrected chi connectivity index (χ1v) is 4.87. The third-order valence-electron chi connectivity index (χ3n) is 2.40. The highest BCUT2D eigenvalue weighted by Gasteiger charge is 2.30. The van der Waals surface area contributed by atoms with Gasteiger partial charge in [0.1, 0.15) is 5.76 Å². The number of aliphatic hydroxyl groups is 1. The molecule has 5 nitrogen and oxygen atoms in total. The summed E-state index contributed by atoms with van der Waals surface area (Å²) in [6, 6.07) is 0. The van der Waals surface area contributed by atoms with Crippen LogP contribution in [0.3, 0.4) is 0 Å². The van der Waals surface area contributed by atoms with E-state index >= 15 is 0 Å². The second-order valence-corrected chi connectivity index (χ2v) is 3.42. The van der Waals surface area contributed by atoms with Crippen LogP contribution in [-0.4, -0.2) is 28.8 Å². The lowest BCUT2D eigenvalue weighted by molar-refractivity contribution is -0.143. The number of ether oxygens (including phenoxy) is 1. The number of allylic oxidation sites excluding steroid dienone is 1. The van der Waals surface area contributed by atoms with Gasteiger partial charge in [0.05, 0.1) is 18.1 Å². The number of rotatable bonds is 3. The molecule has 0 saturated heterocycles. The standard InChI is InChI=1S/C10H14O5/c1-2-15-10(14)7-5-6(9(12)13)3-4-8(7)11/h6,11H,2-5H2,1H3,(H,12,13). The molecule has 0 aromatic rings. The van der Waals surface area contributed by atoms with E-state index in [9.17, 15) is 14.7 Å². The van der Waals surface area contributed by atoms with E-state index in [4.69, 9.17) is 9.84 Å². The summed E-state index contributed by atoms with van der Waals surface area (Å²) in [4.78, 5) is 22.1. The molecule has 5 heteroatoms. The van der Waals surface area contributed by atoms with E-state index in [1.54, 1.807) is 6.92 Å². The van der Waals surface area contributed by atoms with Gasteiger partial charge in [-0.25, -0.2) is 4.79 Å². The minimum atomic E-state index is -0.940. The number of carboxylic acids is 1. The van der Waals surface area contributed by atoms with Crippen molar-refractivity contribution in [3.8, 4) is 0 Å². The lowest BCUT2D eigenvalue weighted by atomic mass is 9.87. The molecular formula is C10H14O5. The van der Waals surface area contributed by atoms with Crippen LogP contribution < -0.4 is 0 Å². The van der Waals surface area contributed by atoms with Crippen molar-refractivity contribution in [3.05, 3.63) is 11.3 Å². The molecule has 0 aliphatic heterocycles. The molecule has 0 spiro atoms. The van der Waals surface area contributed by atoms with Crippen LogP contribution in [-0.2, 0) is 14.3 Å². The lowest BCUT2D eigenvalue weighted by Gasteiger charge is -2.20. The highest BCUT2D eigenvalue weighted by molar-refractivity contribution is 5.90. The summed E-state index contributed by atoms with van der Waals surface area (Å²) in [5, 5.41) is 18.2. The maximum absolute atomic E-state index is 11.3. The molecule has 1 atom stereocenters. The van der Waals surface area contributed by atoms with Crippen LogP contribution >= 0.6 is 0 Å². The molecule has 0 heterocycles. The second-order valence-electron chi connectivity index (χ2n) is 3.42. The predicted octanol–water partition coefficient (Wildman–Crippen LogP) is 1.25. The quantitative estimate of drug-likeness (QED) is 0.690. The molecular weight excluding hydrogens is 200 g/mol. The highest BCUT2D eigenvalue weighted by Crippen LogP contribution is 2.29. The van der Waals surface area contributed by atoms with Crippen molar-refractivity contribution in [2.45, 2.75) is 26.2 Å². The van der Waals surface area contributed by atoms with Crippen molar-refractivity contribution in [2.75, 3.05) is 6.61 Å². The molecule has 0 bridgehead atoms. The number of esters is 1. The van der Waals surface area contributed by atoms with Gasteiger partial charge in [-0.3, -0.25) is 4.79 Å². The summed E-state index contributed by atoms with van der Waals surface area (Å²) in [5.74, 6) is -2.18. The molecule has 0 amide bonds. The smallest absolute Gasteiger partial charge is 0.337 e. The Hall–Kier alpha value is -1.52. The van der Waals surface area contributed by atoms with Gasteiger partial charge in [-0.1, -0.05) is 0 Å². The van der Waals surface area contributed by atoms with Gasteiger partial charge in [0.15, 0.2) is 0 Å². The number of hydrogen-bond donors (Lipinski definition) is 2. The van der Waals surface area contributed by atoms with Crippen LogP contribution in [0, 0.1) is 5.92 Å². The van der Waals surface area contributed by atoms with Gasteiger partial charge >= 0.3 is 11.9 Å². The molecule has 15 heavy (non-hydrogen) atoms. The van der Waals surface area contributed by atoms with Crippen molar-refractivity contribution < 1.29 is 24.5 Å². The fraction of sp³-hybridized carbons (Fsp3) is 0.600. The summed E-state index contributed by atoms with van der Waals surface area (Å²) >= 11 is 0. The van der Waals surface area contributed by atoms with Crippen molar-refractivity contribution in [2.24, 2.45) is 5.92 Å². The first kappa shape index (κ1) is 11.6. The average molecular weight is 214 g/mol. The summed E-state index contributed by atoms with van der Waals surface area (Å²) < 4.78 is 4.73. The van der Waals surface area contributed by atoms with Crippen LogP contribution in [0.4, 0.5) is 0 Å². The molecule has 1 aliphatic rings. The van der Waals surface area contributed by atoms with Gasteiger partial charge < -0.3 is 14.9 Å². The Morgan fingerprint density at radius 2 is 2.20 bits per heavy atom. The van der Waals surface area contributed by atoms with E-state index in [2.05, 4.69) is 0 Å². The summed E-state index contributed by atoms with van der Waals surface area (Å²) in [6.45, 7) is 1.88. The number of aliphatic carboxylic acids is 1. The second kappa shape index (κ2) is 4.82. The Kier molecular flexibility index (Phi) is 3.71. The van der Waals surface area contributed by atoms with Crippen LogP contribution in [0.2, 0.25) is 0 Å². The summed E-state index contributed by atoms with van der Waals surface area (Å²) in [5.41, 5.74) is 0.107. The number of carboxylic acid groups (broad SMARTS) is 1. The molecule has 1 aliphatic carbocycles. The zero-order chi connectivity index (χ0) is 11.4. The topological polar surface area (TPSA) is 83.8 Å². The number of hydrogen-bond acceptors (Lipinski definition) is 4. The first-order chi connectivity index (χ1) is 7.06. The summed E-state index contributed by atoms with van der Waals surface area (Å²) in [7, 11) is 0. The zero-order valence-corrected chi connectivity index (χ0v) is 8.52. The number of carbonyl (C=O) groups is 2. The largest absolute Gasteiger partial charge is 0.512 e. The van der Waals surface area contributed by atoms with E-state index in [-0.39, 0.29) is 30.8 Å². The molecule has 0 aromatic carbocycles. The van der Waals surface area contributed by atoms with Crippen LogP contribution in [0.25, 0.3) is 0 Å². The van der Waals surface area contributed by atoms with Gasteiger partial charge in [0.2, 0.25) is 0 Å². The number of aliphatic hydroxyl groups excluding tert-OH is 1. The Labute approximate surface area is 87.4 Å². The van der Waals surface area contributed by atoms with Crippen LogP contribution in [0.15, 0.2) is 11.3 Å². The molecule has 0 radical (unpaired) electrons. The first-order valence-electron chi connectivity index (χ1n) is 4.87. The Bertz CT molecular complexity index is 305. The SMILES string of the molecule is CCOC(=O)C1=C(O)CCC(C(=O)O)C1. The molecule has 1 unspecified atom stereocenters. The molecule has 0 aromatic heterocycles. The van der Waals surface area contributed by atoms with Crippen molar-refractivity contribution in [1.29, 1.82) is 0 Å². The highest BCUT2D eigenvalue weighted by atomic mass is 16.5. The molecule has 2 N–H and O–H groups in total. The van der Waals surface area contributed by atoms with Crippen LogP contribution in [0.1, 0.15) is 26.2 Å². The lowest BCUT2D eigenvalue weighted by Crippen LogP contribution is -2.23. The average Bonchev–Trinajstić information content (AvgIpc) is 2.18. The van der Waals surface area contributed by atoms with Crippen molar-refractivity contribution in [3.63, 3.8) is 0 Å². The minimum absolute atomic E-state index is 0.0362. The van der Waals surface area contributed by atoms with E-state index in [0.29, 0.717) is 6.42 Å². The zero-order valence-electron chi connectivity index (χ0n) is 8.52. The monoisotopic (exact) mass is 214 g/mol. The van der Waals surface area contributed by atoms with Gasteiger partial charge in [0.25, 0.3) is 0 Å². The van der Waals surface area contributed by atoms with Crippen LogP contribution in [0.5, 0.6) is 0 Å². The Balaban J connectivity index is 2.76. The minimum Gasteiger partial charge on any atom is -0.512 e. The maximum Gasteiger partial charge on any atom is 0.337 e. The molecule has 1 rings (SSSR count). The van der Waals surface area contributed by atoms with E-state index in [1.807, 2.05) is 0 Å². The predicted molar refractivity (Wildman–Crippen MR) is 51.3 cm³/mol. The van der Waals surface area contributed by atoms with Crippen molar-refractivity contribution in [1.82, 2.24) is 0 Å². The maximum atomic E-state index is 11.3. The van der Waals surface area contributed by atoms with Crippen molar-refractivity contribution >= 4 is 11.9 Å². The van der Waals surface area contributed by atoms with Gasteiger partial charge in [-0.15, -0.1) is 0 Å². The number of carbonyl (C=O) groups excluding carboxylic acids is 1. The molecule has 0 fully saturated rings. The molecule has 84 valence electrons. The van der Waals surface area contributed by atoms with Gasteiger partial charge in [0, 0.05) is 6.42 Å². The van der Waals surface area contributed by atoms with Gasteiger partial charge in [-0.05, 0) is 19.8 Å². The third-order valence-corrected chi connectivity index (χ3v) is 2.40. The van der Waals surface area contributed by atoms with E-state index in [1.165, 1.54) is 0 Å². The normalized spacial score (nSPS) is 21.3. The fourth-order valence-corrected chi connectivity index (χ4v) is 1.56. The van der Waals surface area contributed by atoms with E-state index in [0.717, 1.165) is 0 Å². The van der Waals surface area contributed by atoms with E-state index < -0.39 is 17.9 Å². The van der Waals surface area contributed by atoms with Gasteiger partial charge in [-0.2, -0.15) is 0 Å². The summed E-state index contributed by atoms with van der Waals surface area (Å²) in [6.07, 6.45) is 0.648. The molecule has 0 saturated carbocycles.